The van der Waals surface area contributed by atoms with E-state index in [2.05, 4.69) is 67.1 Å². The number of nitrogens with zero attached hydrogens (tertiary/aromatic N) is 2. The predicted octanol–water partition coefficient (Wildman–Crippen LogP) is 5.21. The fourth-order valence-corrected chi connectivity index (χ4v) is 3.89. The van der Waals surface area contributed by atoms with Gasteiger partial charge in [-0.1, -0.05) is 67.6 Å². The average Bonchev–Trinajstić information content (AvgIpc) is 2.84. The Balaban J connectivity index is 1.93. The van der Waals surface area contributed by atoms with Gasteiger partial charge in [-0.15, -0.1) is 0 Å². The van der Waals surface area contributed by atoms with Crippen molar-refractivity contribution >= 4 is 22.8 Å². The highest BCUT2D eigenvalue weighted by Gasteiger charge is 2.16. The number of para-hydroxylation sites is 2. The van der Waals surface area contributed by atoms with E-state index in [9.17, 15) is 0 Å². The zero-order chi connectivity index (χ0) is 14.7. The van der Waals surface area contributed by atoms with Crippen LogP contribution in [0.2, 0.25) is 0 Å². The van der Waals surface area contributed by atoms with Gasteiger partial charge in [-0.05, 0) is 24.1 Å². The molecule has 1 heterocycles. The van der Waals surface area contributed by atoms with Crippen molar-refractivity contribution in [2.24, 2.45) is 7.05 Å². The van der Waals surface area contributed by atoms with Crippen molar-refractivity contribution in [3.8, 4) is 0 Å². The van der Waals surface area contributed by atoms with E-state index >= 15 is 0 Å². The number of aromatic nitrogens is 2. The minimum Gasteiger partial charge on any atom is -0.322 e. The van der Waals surface area contributed by atoms with Crippen LogP contribution in [0.25, 0.3) is 11.0 Å². The topological polar surface area (TPSA) is 17.8 Å². The predicted molar refractivity (Wildman–Crippen MR) is 90.7 cm³/mol. The van der Waals surface area contributed by atoms with Gasteiger partial charge in [-0.25, -0.2) is 4.98 Å². The van der Waals surface area contributed by atoms with Crippen molar-refractivity contribution in [2.45, 2.75) is 30.2 Å². The maximum Gasteiger partial charge on any atom is 0.169 e. The summed E-state index contributed by atoms with van der Waals surface area (Å²) in [5.41, 5.74) is 3.66. The SMILES string of the molecule is CCC[C@H](Sc1nc2ccccc2n1C)c1ccccc1. The molecule has 0 fully saturated rings. The van der Waals surface area contributed by atoms with Gasteiger partial charge < -0.3 is 4.57 Å². The van der Waals surface area contributed by atoms with Gasteiger partial charge in [-0.3, -0.25) is 0 Å². The molecular formula is C18H20N2S. The molecule has 0 aliphatic rings. The number of imidazole rings is 1. The summed E-state index contributed by atoms with van der Waals surface area (Å²) in [5, 5.41) is 1.56. The Hall–Kier alpha value is -1.74. The number of rotatable bonds is 5. The standard InChI is InChI=1S/C18H20N2S/c1-3-9-17(14-10-5-4-6-11-14)21-18-19-15-12-7-8-13-16(15)20(18)2/h4-8,10-13,17H,3,9H2,1-2H3/t17-/m0/s1. The molecule has 0 aliphatic heterocycles. The Kier molecular flexibility index (Phi) is 4.30. The molecule has 2 aromatic carbocycles. The third kappa shape index (κ3) is 2.98. The minimum absolute atomic E-state index is 0.465. The summed E-state index contributed by atoms with van der Waals surface area (Å²) in [6.45, 7) is 2.24. The van der Waals surface area contributed by atoms with Crippen LogP contribution < -0.4 is 0 Å². The van der Waals surface area contributed by atoms with Crippen molar-refractivity contribution in [1.29, 1.82) is 0 Å². The van der Waals surface area contributed by atoms with Crippen LogP contribution in [-0.2, 0) is 7.05 Å². The van der Waals surface area contributed by atoms with Crippen molar-refractivity contribution in [2.75, 3.05) is 0 Å². The van der Waals surface area contributed by atoms with Crippen LogP contribution in [0.15, 0.2) is 59.8 Å². The molecule has 21 heavy (non-hydrogen) atoms. The maximum atomic E-state index is 4.79. The average molecular weight is 296 g/mol. The van der Waals surface area contributed by atoms with E-state index in [0.29, 0.717) is 5.25 Å². The molecule has 0 amide bonds. The first-order chi connectivity index (χ1) is 10.3. The van der Waals surface area contributed by atoms with Crippen molar-refractivity contribution in [3.63, 3.8) is 0 Å². The van der Waals surface area contributed by atoms with Crippen LogP contribution in [0.3, 0.4) is 0 Å². The van der Waals surface area contributed by atoms with Gasteiger partial charge in [0.25, 0.3) is 0 Å². The number of hydrogen-bond acceptors (Lipinski definition) is 2. The van der Waals surface area contributed by atoms with Crippen LogP contribution in [0.4, 0.5) is 0 Å². The van der Waals surface area contributed by atoms with E-state index in [0.717, 1.165) is 17.1 Å². The first-order valence-corrected chi connectivity index (χ1v) is 8.30. The molecule has 3 heteroatoms. The maximum absolute atomic E-state index is 4.79. The lowest BCUT2D eigenvalue weighted by Gasteiger charge is -2.15. The summed E-state index contributed by atoms with van der Waals surface area (Å²) in [4.78, 5) is 4.79. The minimum atomic E-state index is 0.465. The van der Waals surface area contributed by atoms with Crippen LogP contribution in [0.1, 0.15) is 30.6 Å². The van der Waals surface area contributed by atoms with Gasteiger partial charge in [0, 0.05) is 12.3 Å². The number of benzene rings is 2. The molecule has 0 radical (unpaired) electrons. The lowest BCUT2D eigenvalue weighted by molar-refractivity contribution is 0.760. The number of thioether (sulfide) groups is 1. The molecule has 0 N–H and O–H groups in total. The van der Waals surface area contributed by atoms with Crippen molar-refractivity contribution in [3.05, 3.63) is 60.2 Å². The molecule has 0 saturated carbocycles. The summed E-state index contributed by atoms with van der Waals surface area (Å²) < 4.78 is 2.20. The molecule has 0 saturated heterocycles. The molecule has 0 unspecified atom stereocenters. The fraction of sp³-hybridized carbons (Fsp3) is 0.278. The highest BCUT2D eigenvalue weighted by molar-refractivity contribution is 7.99. The number of aryl methyl sites for hydroxylation is 1. The third-order valence-corrected chi connectivity index (χ3v) is 5.08. The van der Waals surface area contributed by atoms with Crippen LogP contribution in [0.5, 0.6) is 0 Å². The first kappa shape index (κ1) is 14.2. The monoisotopic (exact) mass is 296 g/mol. The normalized spacial score (nSPS) is 12.7. The molecule has 1 atom stereocenters. The van der Waals surface area contributed by atoms with E-state index in [1.165, 1.54) is 17.5 Å². The Bertz CT molecular complexity index is 718. The molecule has 108 valence electrons. The second-order valence-corrected chi connectivity index (χ2v) is 6.42. The van der Waals surface area contributed by atoms with E-state index in [-0.39, 0.29) is 0 Å². The molecular weight excluding hydrogens is 276 g/mol. The summed E-state index contributed by atoms with van der Waals surface area (Å²) in [7, 11) is 2.10. The highest BCUT2D eigenvalue weighted by Crippen LogP contribution is 2.38. The van der Waals surface area contributed by atoms with E-state index < -0.39 is 0 Å². The molecule has 1 aromatic heterocycles. The van der Waals surface area contributed by atoms with Gasteiger partial charge in [0.15, 0.2) is 5.16 Å². The Labute approximate surface area is 130 Å². The Morgan fingerprint density at radius 2 is 1.76 bits per heavy atom. The van der Waals surface area contributed by atoms with E-state index in [1.54, 1.807) is 0 Å². The van der Waals surface area contributed by atoms with Gasteiger partial charge in [0.05, 0.1) is 11.0 Å². The lowest BCUT2D eigenvalue weighted by Crippen LogP contribution is -1.97. The largest absolute Gasteiger partial charge is 0.322 e. The van der Waals surface area contributed by atoms with Crippen LogP contribution in [0, 0.1) is 0 Å². The van der Waals surface area contributed by atoms with Gasteiger partial charge in [-0.2, -0.15) is 0 Å². The van der Waals surface area contributed by atoms with Gasteiger partial charge >= 0.3 is 0 Å². The summed E-state index contributed by atoms with van der Waals surface area (Å²) in [6, 6.07) is 19.1. The molecule has 2 nitrogen and oxygen atoms in total. The third-order valence-electron chi connectivity index (χ3n) is 3.72. The van der Waals surface area contributed by atoms with Gasteiger partial charge in [0.2, 0.25) is 0 Å². The van der Waals surface area contributed by atoms with E-state index in [1.807, 2.05) is 17.8 Å². The van der Waals surface area contributed by atoms with Crippen molar-refractivity contribution in [1.82, 2.24) is 9.55 Å². The second kappa shape index (κ2) is 6.35. The second-order valence-electron chi connectivity index (χ2n) is 5.25. The molecule has 0 bridgehead atoms. The summed E-state index contributed by atoms with van der Waals surface area (Å²) in [6.07, 6.45) is 2.34. The van der Waals surface area contributed by atoms with Gasteiger partial charge in [0.1, 0.15) is 0 Å². The van der Waals surface area contributed by atoms with Crippen LogP contribution >= 0.6 is 11.8 Å². The summed E-state index contributed by atoms with van der Waals surface area (Å²) in [5.74, 6) is 0. The molecule has 3 rings (SSSR count). The van der Waals surface area contributed by atoms with Crippen molar-refractivity contribution < 1.29 is 0 Å². The molecule has 0 aliphatic carbocycles. The molecule has 0 spiro atoms. The summed E-state index contributed by atoms with van der Waals surface area (Å²) >= 11 is 1.87. The Morgan fingerprint density at radius 3 is 2.48 bits per heavy atom. The van der Waals surface area contributed by atoms with E-state index in [4.69, 9.17) is 4.98 Å². The number of fused-ring (bicyclic) bond motifs is 1. The lowest BCUT2D eigenvalue weighted by atomic mass is 10.1. The highest BCUT2D eigenvalue weighted by atomic mass is 32.2. The van der Waals surface area contributed by atoms with Crippen LogP contribution in [-0.4, -0.2) is 9.55 Å². The quantitative estimate of drug-likeness (QED) is 0.602. The zero-order valence-corrected chi connectivity index (χ0v) is 13.3. The zero-order valence-electron chi connectivity index (χ0n) is 12.5. The Morgan fingerprint density at radius 1 is 1.05 bits per heavy atom. The smallest absolute Gasteiger partial charge is 0.169 e. The fourth-order valence-electron chi connectivity index (χ4n) is 2.58. The molecule has 3 aromatic rings. The first-order valence-electron chi connectivity index (χ1n) is 7.42. The number of hydrogen-bond donors (Lipinski definition) is 0.